The predicted molar refractivity (Wildman–Crippen MR) is 170 cm³/mol. The van der Waals surface area contributed by atoms with Gasteiger partial charge in [0.2, 0.25) is 21.8 Å². The van der Waals surface area contributed by atoms with Gasteiger partial charge in [-0.25, -0.2) is 8.42 Å². The summed E-state index contributed by atoms with van der Waals surface area (Å²) in [7, 11) is -3.85. The molecule has 7 nitrogen and oxygen atoms in total. The molecule has 3 rings (SSSR count). The highest BCUT2D eigenvalue weighted by atomic mass is 127. The molecule has 1 atom stereocenters. The van der Waals surface area contributed by atoms with Gasteiger partial charge in [0.05, 0.1) is 11.9 Å². The van der Waals surface area contributed by atoms with Crippen molar-refractivity contribution in [2.45, 2.75) is 45.3 Å². The molecule has 1 N–H and O–H groups in total. The Bertz CT molecular complexity index is 1430. The molecule has 214 valence electrons. The van der Waals surface area contributed by atoms with Gasteiger partial charge in [-0.2, -0.15) is 0 Å². The van der Waals surface area contributed by atoms with Crippen LogP contribution in [0.15, 0.2) is 72.8 Å². The van der Waals surface area contributed by atoms with Gasteiger partial charge < -0.3 is 10.2 Å². The molecule has 11 heteroatoms. The maximum Gasteiger partial charge on any atom is 0.244 e. The summed E-state index contributed by atoms with van der Waals surface area (Å²) in [6.45, 7) is 4.93. The lowest BCUT2D eigenvalue weighted by atomic mass is 10.0. The summed E-state index contributed by atoms with van der Waals surface area (Å²) in [6.07, 6.45) is 1.24. The number of rotatable bonds is 10. The summed E-state index contributed by atoms with van der Waals surface area (Å²) in [5.74, 6) is -0.960. The fraction of sp³-hybridized carbons (Fsp3) is 0.310. The maximum absolute atomic E-state index is 14.1. The number of hydrogen-bond donors (Lipinski definition) is 1. The van der Waals surface area contributed by atoms with Gasteiger partial charge in [0.1, 0.15) is 12.6 Å². The molecule has 0 radical (unpaired) electrons. The first-order valence-electron chi connectivity index (χ1n) is 12.5. The number of carbonyl (C=O) groups excluding carboxylic acids is 2. The molecule has 0 heterocycles. The smallest absolute Gasteiger partial charge is 0.244 e. The van der Waals surface area contributed by atoms with Crippen molar-refractivity contribution in [2.24, 2.45) is 0 Å². The third-order valence-electron chi connectivity index (χ3n) is 5.95. The number of benzene rings is 3. The lowest BCUT2D eigenvalue weighted by Crippen LogP contribution is -2.56. The van der Waals surface area contributed by atoms with E-state index in [0.29, 0.717) is 21.3 Å². The summed E-state index contributed by atoms with van der Waals surface area (Å²) < 4.78 is 27.7. The van der Waals surface area contributed by atoms with E-state index >= 15 is 0 Å². The number of anilines is 1. The summed E-state index contributed by atoms with van der Waals surface area (Å²) in [4.78, 5) is 29.2. The molecule has 0 unspecified atom stereocenters. The quantitative estimate of drug-likeness (QED) is 0.264. The Morgan fingerprint density at radius 1 is 0.925 bits per heavy atom. The van der Waals surface area contributed by atoms with E-state index in [1.165, 1.54) is 4.90 Å². The minimum absolute atomic E-state index is 0.101. The topological polar surface area (TPSA) is 86.8 Å². The number of amides is 2. The van der Waals surface area contributed by atoms with Crippen LogP contribution in [0.4, 0.5) is 5.69 Å². The van der Waals surface area contributed by atoms with Crippen LogP contribution >= 0.6 is 45.8 Å². The van der Waals surface area contributed by atoms with E-state index in [0.717, 1.165) is 19.7 Å². The van der Waals surface area contributed by atoms with Crippen molar-refractivity contribution in [3.05, 3.63) is 97.5 Å². The molecule has 3 aromatic carbocycles. The first-order chi connectivity index (χ1) is 18.7. The number of halogens is 3. The molecule has 0 saturated heterocycles. The Morgan fingerprint density at radius 2 is 1.50 bits per heavy atom. The molecular formula is C29H32Cl2IN3O4S. The van der Waals surface area contributed by atoms with E-state index in [2.05, 4.69) is 27.9 Å². The summed E-state index contributed by atoms with van der Waals surface area (Å²) in [5, 5.41) is 3.64. The molecule has 0 bridgehead atoms. The number of hydrogen-bond acceptors (Lipinski definition) is 4. The number of nitrogens with one attached hydrogen (secondary N) is 1. The van der Waals surface area contributed by atoms with E-state index < -0.39 is 34.1 Å². The second-order valence-corrected chi connectivity index (χ2v) is 14.4. The van der Waals surface area contributed by atoms with E-state index in [1.807, 2.05) is 51.1 Å². The van der Waals surface area contributed by atoms with Crippen molar-refractivity contribution in [1.29, 1.82) is 0 Å². The van der Waals surface area contributed by atoms with Crippen LogP contribution in [-0.4, -0.2) is 49.5 Å². The minimum Gasteiger partial charge on any atom is -0.350 e. The molecule has 0 fully saturated rings. The van der Waals surface area contributed by atoms with Crippen molar-refractivity contribution in [1.82, 2.24) is 10.2 Å². The average molecular weight is 716 g/mol. The van der Waals surface area contributed by atoms with Gasteiger partial charge in [0.15, 0.2) is 0 Å². The molecule has 2 amide bonds. The van der Waals surface area contributed by atoms with E-state index in [9.17, 15) is 18.0 Å². The minimum atomic E-state index is -3.85. The highest BCUT2D eigenvalue weighted by Crippen LogP contribution is 2.28. The SMILES string of the molecule is CC(C)(C)NC(=O)[C@@H](Cc1ccccc1)N(Cc1c(Cl)cccc1Cl)C(=O)CN(c1ccc(I)cc1)S(C)(=O)=O. The maximum atomic E-state index is 14.1. The second kappa shape index (κ2) is 13.5. The van der Waals surface area contributed by atoms with Crippen LogP contribution in [0.3, 0.4) is 0 Å². The van der Waals surface area contributed by atoms with Gasteiger partial charge in [0, 0.05) is 37.7 Å². The molecule has 0 aliphatic carbocycles. The standard InChI is InChI=1S/C29H32Cl2IN3O4S/c1-29(2,3)33-28(37)26(17-20-9-6-5-7-10-20)34(18-23-24(30)11-8-12-25(23)31)27(36)19-35(40(4,38)39)22-15-13-21(32)14-16-22/h5-16,26H,17-19H2,1-4H3,(H,33,37)/t26-/m1/s1. The summed E-state index contributed by atoms with van der Waals surface area (Å²) in [5.41, 5.74) is 1.05. The van der Waals surface area contributed by atoms with Crippen LogP contribution in [0.1, 0.15) is 31.9 Å². The third kappa shape index (κ3) is 9.09. The zero-order valence-corrected chi connectivity index (χ0v) is 27.2. The zero-order valence-electron chi connectivity index (χ0n) is 22.7. The van der Waals surface area contributed by atoms with Gasteiger partial charge in [-0.3, -0.25) is 13.9 Å². The lowest BCUT2D eigenvalue weighted by molar-refractivity contribution is -0.140. The summed E-state index contributed by atoms with van der Waals surface area (Å²) >= 11 is 15.1. The van der Waals surface area contributed by atoms with Crippen molar-refractivity contribution < 1.29 is 18.0 Å². The Hall–Kier alpha value is -2.34. The average Bonchev–Trinajstić information content (AvgIpc) is 2.85. The van der Waals surface area contributed by atoms with Crippen LogP contribution in [0.5, 0.6) is 0 Å². The van der Waals surface area contributed by atoms with Gasteiger partial charge in [-0.15, -0.1) is 0 Å². The van der Waals surface area contributed by atoms with Crippen LogP contribution in [0.25, 0.3) is 0 Å². The van der Waals surface area contributed by atoms with Crippen LogP contribution < -0.4 is 9.62 Å². The second-order valence-electron chi connectivity index (χ2n) is 10.4. The monoisotopic (exact) mass is 715 g/mol. The normalized spacial score (nSPS) is 12.5. The first-order valence-corrected chi connectivity index (χ1v) is 16.2. The highest BCUT2D eigenvalue weighted by Gasteiger charge is 2.35. The molecule has 3 aromatic rings. The molecule has 0 aliphatic heterocycles. The van der Waals surface area contributed by atoms with Crippen molar-refractivity contribution >= 4 is 73.3 Å². The van der Waals surface area contributed by atoms with Crippen molar-refractivity contribution in [3.8, 4) is 0 Å². The summed E-state index contributed by atoms with van der Waals surface area (Å²) in [6, 6.07) is 20.1. The molecule has 0 aliphatic rings. The van der Waals surface area contributed by atoms with Crippen molar-refractivity contribution in [3.63, 3.8) is 0 Å². The fourth-order valence-corrected chi connectivity index (χ4v) is 5.81. The third-order valence-corrected chi connectivity index (χ3v) is 8.52. The molecule has 0 saturated carbocycles. The molecular weight excluding hydrogens is 684 g/mol. The van der Waals surface area contributed by atoms with Gasteiger partial charge in [-0.05, 0) is 85.3 Å². The predicted octanol–water partition coefficient (Wildman–Crippen LogP) is 5.92. The van der Waals surface area contributed by atoms with Crippen LogP contribution in [-0.2, 0) is 32.6 Å². The Morgan fingerprint density at radius 3 is 2.02 bits per heavy atom. The number of carbonyl (C=O) groups is 2. The van der Waals surface area contributed by atoms with Gasteiger partial charge in [-0.1, -0.05) is 59.6 Å². The first kappa shape index (κ1) is 32.2. The molecule has 0 aromatic heterocycles. The van der Waals surface area contributed by atoms with Crippen molar-refractivity contribution in [2.75, 3.05) is 17.1 Å². The Labute approximate surface area is 260 Å². The number of nitrogens with zero attached hydrogens (tertiary/aromatic N) is 2. The van der Waals surface area contributed by atoms with E-state index in [4.69, 9.17) is 23.2 Å². The van der Waals surface area contributed by atoms with E-state index in [-0.39, 0.29) is 18.9 Å². The highest BCUT2D eigenvalue weighted by molar-refractivity contribution is 14.1. The fourth-order valence-electron chi connectivity index (χ4n) is 4.08. The van der Waals surface area contributed by atoms with Gasteiger partial charge in [0.25, 0.3) is 0 Å². The Balaban J connectivity index is 2.11. The molecule has 0 spiro atoms. The Kier molecular flexibility index (Phi) is 10.9. The molecule has 40 heavy (non-hydrogen) atoms. The van der Waals surface area contributed by atoms with Gasteiger partial charge >= 0.3 is 0 Å². The largest absolute Gasteiger partial charge is 0.350 e. The van der Waals surface area contributed by atoms with E-state index in [1.54, 1.807) is 42.5 Å². The van der Waals surface area contributed by atoms with Crippen LogP contribution in [0.2, 0.25) is 10.0 Å². The lowest BCUT2D eigenvalue weighted by Gasteiger charge is -2.35. The van der Waals surface area contributed by atoms with Crippen LogP contribution in [0, 0.1) is 3.57 Å². The number of sulfonamides is 1. The zero-order chi connectivity index (χ0) is 29.7.